The van der Waals surface area contributed by atoms with E-state index < -0.39 is 0 Å². The lowest BCUT2D eigenvalue weighted by molar-refractivity contribution is 0.112. The zero-order chi connectivity index (χ0) is 10.3. The first-order chi connectivity index (χ1) is 6.65. The molecule has 72 valence electrons. The SMILES string of the molecule is Cc1[nH]c2c(C)ccc(Cl)c2c1C=O. The summed E-state index contributed by atoms with van der Waals surface area (Å²) in [5, 5.41) is 1.45. The zero-order valence-corrected chi connectivity index (χ0v) is 8.77. The Morgan fingerprint density at radius 1 is 1.36 bits per heavy atom. The number of nitrogens with one attached hydrogen (secondary N) is 1. The second-order valence-electron chi connectivity index (χ2n) is 3.40. The maximum atomic E-state index is 10.9. The highest BCUT2D eigenvalue weighted by molar-refractivity contribution is 6.36. The molecule has 2 rings (SSSR count). The van der Waals surface area contributed by atoms with Crippen LogP contribution in [-0.4, -0.2) is 11.3 Å². The van der Waals surface area contributed by atoms with Gasteiger partial charge in [0.25, 0.3) is 0 Å². The lowest BCUT2D eigenvalue weighted by atomic mass is 10.1. The molecule has 14 heavy (non-hydrogen) atoms. The number of hydrogen-bond donors (Lipinski definition) is 1. The van der Waals surface area contributed by atoms with Gasteiger partial charge in [-0.15, -0.1) is 0 Å². The van der Waals surface area contributed by atoms with E-state index in [1.54, 1.807) is 0 Å². The van der Waals surface area contributed by atoms with Crippen LogP contribution in [0.15, 0.2) is 12.1 Å². The predicted octanol–water partition coefficient (Wildman–Crippen LogP) is 3.25. The number of aldehydes is 1. The summed E-state index contributed by atoms with van der Waals surface area (Å²) in [4.78, 5) is 14.1. The van der Waals surface area contributed by atoms with Crippen molar-refractivity contribution in [1.29, 1.82) is 0 Å². The van der Waals surface area contributed by atoms with E-state index in [9.17, 15) is 4.79 Å². The summed E-state index contributed by atoms with van der Waals surface area (Å²) in [6.45, 7) is 3.86. The summed E-state index contributed by atoms with van der Waals surface area (Å²) in [6, 6.07) is 3.76. The average Bonchev–Trinajstić information content (AvgIpc) is 2.50. The maximum Gasteiger partial charge on any atom is 0.152 e. The van der Waals surface area contributed by atoms with Crippen molar-refractivity contribution in [3.8, 4) is 0 Å². The Morgan fingerprint density at radius 2 is 2.07 bits per heavy atom. The Hall–Kier alpha value is -1.28. The molecule has 0 radical (unpaired) electrons. The van der Waals surface area contributed by atoms with Crippen LogP contribution in [0.25, 0.3) is 10.9 Å². The zero-order valence-electron chi connectivity index (χ0n) is 8.02. The number of aromatic amines is 1. The normalized spacial score (nSPS) is 10.8. The highest BCUT2D eigenvalue weighted by Gasteiger charge is 2.11. The number of benzene rings is 1. The van der Waals surface area contributed by atoms with Gasteiger partial charge in [-0.25, -0.2) is 0 Å². The molecular formula is C11H10ClNO. The van der Waals surface area contributed by atoms with Crippen LogP contribution < -0.4 is 0 Å². The molecule has 0 atom stereocenters. The molecule has 2 aromatic rings. The van der Waals surface area contributed by atoms with Crippen molar-refractivity contribution in [2.45, 2.75) is 13.8 Å². The number of rotatable bonds is 1. The molecule has 0 bridgehead atoms. The van der Waals surface area contributed by atoms with Crippen LogP contribution in [-0.2, 0) is 0 Å². The summed E-state index contributed by atoms with van der Waals surface area (Å²) in [6.07, 6.45) is 0.847. The van der Waals surface area contributed by atoms with Gasteiger partial charge >= 0.3 is 0 Å². The molecule has 1 aromatic heterocycles. The number of aromatic nitrogens is 1. The van der Waals surface area contributed by atoms with Gasteiger partial charge in [-0.3, -0.25) is 4.79 Å². The van der Waals surface area contributed by atoms with Crippen LogP contribution >= 0.6 is 11.6 Å². The molecule has 0 amide bonds. The first-order valence-electron chi connectivity index (χ1n) is 4.37. The number of halogens is 1. The van der Waals surface area contributed by atoms with Crippen LogP contribution in [0, 0.1) is 13.8 Å². The first kappa shape index (κ1) is 9.28. The summed E-state index contributed by atoms with van der Waals surface area (Å²) in [5.74, 6) is 0. The van der Waals surface area contributed by atoms with Crippen molar-refractivity contribution in [2.75, 3.05) is 0 Å². The molecule has 1 heterocycles. The Kier molecular flexibility index (Phi) is 2.08. The van der Waals surface area contributed by atoms with Gasteiger partial charge in [0, 0.05) is 16.6 Å². The van der Waals surface area contributed by atoms with Gasteiger partial charge in [-0.1, -0.05) is 17.7 Å². The molecule has 0 spiro atoms. The largest absolute Gasteiger partial charge is 0.358 e. The van der Waals surface area contributed by atoms with Crippen molar-refractivity contribution >= 4 is 28.8 Å². The molecule has 2 nitrogen and oxygen atoms in total. The molecule has 0 saturated carbocycles. The summed E-state index contributed by atoms with van der Waals surface area (Å²) in [5.41, 5.74) is 3.58. The standard InChI is InChI=1S/C11H10ClNO/c1-6-3-4-9(12)10-8(5-14)7(2)13-11(6)10/h3-5,13H,1-2H3. The van der Waals surface area contributed by atoms with Crippen molar-refractivity contribution in [1.82, 2.24) is 4.98 Å². The third-order valence-electron chi connectivity index (χ3n) is 2.47. The van der Waals surface area contributed by atoms with Crippen LogP contribution in [0.5, 0.6) is 0 Å². The van der Waals surface area contributed by atoms with E-state index in [1.165, 1.54) is 0 Å². The second kappa shape index (κ2) is 3.14. The van der Waals surface area contributed by atoms with E-state index in [1.807, 2.05) is 26.0 Å². The molecule has 0 aliphatic rings. The topological polar surface area (TPSA) is 32.9 Å². The van der Waals surface area contributed by atoms with Crippen molar-refractivity contribution < 1.29 is 4.79 Å². The molecular weight excluding hydrogens is 198 g/mol. The Labute approximate surface area is 86.9 Å². The Morgan fingerprint density at radius 3 is 2.71 bits per heavy atom. The minimum absolute atomic E-state index is 0.622. The van der Waals surface area contributed by atoms with E-state index in [0.717, 1.165) is 28.4 Å². The first-order valence-corrected chi connectivity index (χ1v) is 4.75. The van der Waals surface area contributed by atoms with Crippen LogP contribution in [0.1, 0.15) is 21.6 Å². The number of carbonyl (C=O) groups excluding carboxylic acids is 1. The fraction of sp³-hybridized carbons (Fsp3) is 0.182. The van der Waals surface area contributed by atoms with E-state index in [2.05, 4.69) is 4.98 Å². The lowest BCUT2D eigenvalue weighted by Crippen LogP contribution is -1.81. The smallest absolute Gasteiger partial charge is 0.152 e. The minimum Gasteiger partial charge on any atom is -0.358 e. The second-order valence-corrected chi connectivity index (χ2v) is 3.80. The number of hydrogen-bond acceptors (Lipinski definition) is 1. The van der Waals surface area contributed by atoms with Gasteiger partial charge in [-0.05, 0) is 25.5 Å². The van der Waals surface area contributed by atoms with Crippen molar-refractivity contribution in [3.63, 3.8) is 0 Å². The van der Waals surface area contributed by atoms with Gasteiger partial charge in [0.1, 0.15) is 0 Å². The molecule has 3 heteroatoms. The van der Waals surface area contributed by atoms with Crippen LogP contribution in [0.3, 0.4) is 0 Å². The summed E-state index contributed by atoms with van der Waals surface area (Å²) < 4.78 is 0. The van der Waals surface area contributed by atoms with E-state index in [0.29, 0.717) is 10.6 Å². The van der Waals surface area contributed by atoms with Gasteiger partial charge in [0.15, 0.2) is 6.29 Å². The molecule has 0 saturated heterocycles. The van der Waals surface area contributed by atoms with Crippen molar-refractivity contribution in [3.05, 3.63) is 34.0 Å². The third kappa shape index (κ3) is 1.15. The number of H-pyrrole nitrogens is 1. The van der Waals surface area contributed by atoms with Gasteiger partial charge in [0.2, 0.25) is 0 Å². The fourth-order valence-electron chi connectivity index (χ4n) is 1.70. The molecule has 0 unspecified atom stereocenters. The average molecular weight is 208 g/mol. The highest BCUT2D eigenvalue weighted by atomic mass is 35.5. The number of carbonyl (C=O) groups is 1. The summed E-state index contributed by atoms with van der Waals surface area (Å²) >= 11 is 6.05. The number of aryl methyl sites for hydroxylation is 2. The van der Waals surface area contributed by atoms with Crippen LogP contribution in [0.2, 0.25) is 5.02 Å². The van der Waals surface area contributed by atoms with E-state index in [4.69, 9.17) is 11.6 Å². The molecule has 1 aromatic carbocycles. The molecule has 1 N–H and O–H groups in total. The molecule has 0 fully saturated rings. The Balaban J connectivity index is 3.00. The quantitative estimate of drug-likeness (QED) is 0.716. The van der Waals surface area contributed by atoms with Crippen LogP contribution in [0.4, 0.5) is 0 Å². The molecule has 0 aliphatic carbocycles. The predicted molar refractivity (Wildman–Crippen MR) is 58.2 cm³/mol. The van der Waals surface area contributed by atoms with E-state index >= 15 is 0 Å². The van der Waals surface area contributed by atoms with Gasteiger partial charge in [0.05, 0.1) is 10.5 Å². The maximum absolute atomic E-state index is 10.9. The fourth-order valence-corrected chi connectivity index (χ4v) is 1.95. The van der Waals surface area contributed by atoms with E-state index in [-0.39, 0.29) is 0 Å². The number of fused-ring (bicyclic) bond motifs is 1. The lowest BCUT2D eigenvalue weighted by Gasteiger charge is -1.98. The summed E-state index contributed by atoms with van der Waals surface area (Å²) in [7, 11) is 0. The highest BCUT2D eigenvalue weighted by Crippen LogP contribution is 2.30. The van der Waals surface area contributed by atoms with Gasteiger partial charge < -0.3 is 4.98 Å². The van der Waals surface area contributed by atoms with Crippen molar-refractivity contribution in [2.24, 2.45) is 0 Å². The minimum atomic E-state index is 0.622. The Bertz CT molecular complexity index is 513. The molecule has 0 aliphatic heterocycles. The third-order valence-corrected chi connectivity index (χ3v) is 2.78. The monoisotopic (exact) mass is 207 g/mol. The van der Waals surface area contributed by atoms with Gasteiger partial charge in [-0.2, -0.15) is 0 Å².